The number of urea groups is 1. The summed E-state index contributed by atoms with van der Waals surface area (Å²) in [7, 11) is 0. The van der Waals surface area contributed by atoms with Gasteiger partial charge in [0.25, 0.3) is 5.91 Å². The number of nitrogens with one attached hydrogen (secondary N) is 2. The number of ether oxygens (including phenoxy) is 1. The van der Waals surface area contributed by atoms with Gasteiger partial charge in [-0.1, -0.05) is 39.3 Å². The average Bonchev–Trinajstić information content (AvgIpc) is 3.64. The van der Waals surface area contributed by atoms with Crippen LogP contribution in [-0.2, 0) is 4.79 Å². The van der Waals surface area contributed by atoms with Crippen molar-refractivity contribution in [3.63, 3.8) is 0 Å². The molecule has 2 N–H and O–H groups in total. The highest BCUT2D eigenvalue weighted by Gasteiger charge is 2.64. The van der Waals surface area contributed by atoms with Crippen molar-refractivity contribution in [2.75, 3.05) is 49.1 Å². The minimum atomic E-state index is -0.396. The molecule has 4 aliphatic rings. The highest BCUT2D eigenvalue weighted by atomic mass is 35.5. The highest BCUT2D eigenvalue weighted by molar-refractivity contribution is 6.31. The monoisotopic (exact) mass is 792 g/mol. The normalized spacial score (nSPS) is 22.8. The molecule has 0 radical (unpaired) electrons. The van der Waals surface area contributed by atoms with Crippen LogP contribution in [0.3, 0.4) is 0 Å². The van der Waals surface area contributed by atoms with E-state index in [9.17, 15) is 19.6 Å². The largest absolute Gasteiger partial charge is 0.489 e. The third-order valence-electron chi connectivity index (χ3n) is 12.7. The lowest BCUT2D eigenvalue weighted by molar-refractivity contribution is -0.164. The van der Waals surface area contributed by atoms with E-state index >= 15 is 0 Å². The molecule has 0 unspecified atom stereocenters. The molecular weight excluding hydrogens is 744 g/mol. The minimum Gasteiger partial charge on any atom is -0.489 e. The van der Waals surface area contributed by atoms with Crippen LogP contribution in [0.4, 0.5) is 16.3 Å². The topological polar surface area (TPSA) is 162 Å². The zero-order chi connectivity index (χ0) is 40.1. The number of nitriles is 1. The fraction of sp³-hybridized carbons (Fsp3) is 0.500. The van der Waals surface area contributed by atoms with Crippen LogP contribution in [0, 0.1) is 28.1 Å². The van der Waals surface area contributed by atoms with E-state index in [0.717, 1.165) is 80.8 Å². The number of aromatic nitrogens is 4. The highest BCUT2D eigenvalue weighted by Crippen LogP contribution is 2.55. The molecule has 0 spiro atoms. The third-order valence-corrected chi connectivity index (χ3v) is 13.0. The van der Waals surface area contributed by atoms with Gasteiger partial charge >= 0.3 is 6.03 Å². The summed E-state index contributed by atoms with van der Waals surface area (Å²) in [5.74, 6) is 1.47. The molecule has 6 heterocycles. The van der Waals surface area contributed by atoms with Crippen LogP contribution < -0.4 is 25.2 Å². The summed E-state index contributed by atoms with van der Waals surface area (Å²) in [5.41, 5.74) is 1.66. The first-order valence-corrected chi connectivity index (χ1v) is 20.3. The second-order valence-electron chi connectivity index (χ2n) is 17.1. The molecule has 8 rings (SSSR count). The van der Waals surface area contributed by atoms with E-state index in [1.807, 2.05) is 12.3 Å². The van der Waals surface area contributed by atoms with Crippen molar-refractivity contribution in [1.29, 1.82) is 5.26 Å². The van der Waals surface area contributed by atoms with Crippen molar-refractivity contribution in [3.8, 4) is 11.8 Å². The maximum absolute atomic E-state index is 13.4. The summed E-state index contributed by atoms with van der Waals surface area (Å²) >= 11 is 6.25. The van der Waals surface area contributed by atoms with Crippen LogP contribution in [0.1, 0.15) is 81.9 Å². The molecule has 0 atom stereocenters. The van der Waals surface area contributed by atoms with Gasteiger partial charge in [-0.15, -0.1) is 10.2 Å². The molecule has 298 valence electrons. The average molecular weight is 793 g/mol. The van der Waals surface area contributed by atoms with Crippen LogP contribution in [-0.4, -0.2) is 93.9 Å². The quantitative estimate of drug-likeness (QED) is 0.207. The Kier molecular flexibility index (Phi) is 10.3. The van der Waals surface area contributed by atoms with Crippen molar-refractivity contribution in [2.45, 2.75) is 78.0 Å². The van der Waals surface area contributed by atoms with Gasteiger partial charge in [-0.3, -0.25) is 24.8 Å². The number of hydrogen-bond acceptors (Lipinski definition) is 10. The van der Waals surface area contributed by atoms with Gasteiger partial charge in [-0.05, 0) is 61.9 Å². The number of pyridine rings is 1. The number of carbonyl (C=O) groups excluding carboxylic acids is 3. The maximum Gasteiger partial charge on any atom is 0.328 e. The SMILES string of the molecule is CC1(C)C(NC(=O)c2ccc(N3CCC(CN4CCC(n5ccc6c(N7CCC(=O)NC7=O)cncc65)CC4)CC3)nn2)C(C)(C)C1Oc1ccc(C#N)c(Cl)c1. The first-order valence-electron chi connectivity index (χ1n) is 19.9. The smallest absolute Gasteiger partial charge is 0.328 e. The summed E-state index contributed by atoms with van der Waals surface area (Å²) in [5, 5.41) is 25.0. The fourth-order valence-electron chi connectivity index (χ4n) is 9.89. The lowest BCUT2D eigenvalue weighted by Gasteiger charge is -2.63. The molecule has 14 nitrogen and oxygen atoms in total. The Morgan fingerprint density at radius 2 is 1.74 bits per heavy atom. The number of anilines is 2. The number of amides is 4. The summed E-state index contributed by atoms with van der Waals surface area (Å²) in [6.45, 7) is 13.6. The Morgan fingerprint density at radius 3 is 2.40 bits per heavy atom. The van der Waals surface area contributed by atoms with Gasteiger partial charge in [-0.2, -0.15) is 5.26 Å². The van der Waals surface area contributed by atoms with Crippen LogP contribution >= 0.6 is 11.6 Å². The van der Waals surface area contributed by atoms with Crippen molar-refractivity contribution in [2.24, 2.45) is 16.7 Å². The lowest BCUT2D eigenvalue weighted by Crippen LogP contribution is -2.74. The number of benzene rings is 1. The van der Waals surface area contributed by atoms with Gasteiger partial charge in [0, 0.05) is 86.3 Å². The van der Waals surface area contributed by atoms with Gasteiger partial charge in [0.2, 0.25) is 5.91 Å². The predicted octanol–water partition coefficient (Wildman–Crippen LogP) is 5.96. The summed E-state index contributed by atoms with van der Waals surface area (Å²) in [6, 6.07) is 12.6. The lowest BCUT2D eigenvalue weighted by atomic mass is 9.49. The van der Waals surface area contributed by atoms with Gasteiger partial charge in [0.1, 0.15) is 17.9 Å². The Hall–Kier alpha value is -5.26. The van der Waals surface area contributed by atoms with E-state index in [0.29, 0.717) is 34.8 Å². The first-order chi connectivity index (χ1) is 27.3. The number of piperidine rings is 2. The molecule has 1 aromatic carbocycles. The zero-order valence-electron chi connectivity index (χ0n) is 32.9. The first kappa shape index (κ1) is 38.6. The number of nitrogens with zero attached hydrogens (tertiary/aromatic N) is 8. The predicted molar refractivity (Wildman–Crippen MR) is 216 cm³/mol. The molecule has 1 saturated carbocycles. The molecule has 1 aliphatic carbocycles. The second-order valence-corrected chi connectivity index (χ2v) is 17.5. The molecular formula is C42H49ClN10O4. The molecule has 3 saturated heterocycles. The molecule has 0 bridgehead atoms. The number of rotatable bonds is 9. The Bertz CT molecular complexity index is 2200. The van der Waals surface area contributed by atoms with Crippen molar-refractivity contribution >= 4 is 51.9 Å². The number of imide groups is 1. The van der Waals surface area contributed by atoms with Crippen molar-refractivity contribution in [3.05, 3.63) is 71.3 Å². The van der Waals surface area contributed by atoms with E-state index in [1.165, 1.54) is 0 Å². The van der Waals surface area contributed by atoms with Crippen LogP contribution in [0.15, 0.2) is 55.0 Å². The molecule has 57 heavy (non-hydrogen) atoms. The minimum absolute atomic E-state index is 0.174. The molecule has 4 aromatic rings. The summed E-state index contributed by atoms with van der Waals surface area (Å²) in [6.07, 6.45) is 9.99. The molecule has 4 amide bonds. The standard InChI is InChI=1S/C42H49ClN10O4/c1-41(2)38(42(3,4)39(41)57-29-6-5-27(22-44)31(43)21-29)47-37(55)32-7-8-35(49-48-32)51-17-9-26(10-18-51)25-50-15-11-28(12-16-50)52-19-13-30-33(52)23-45-24-34(30)53-20-14-36(54)46-40(53)56/h5-8,13,19,21,23-24,26,28,38-39H,9-12,14-18,20,25H2,1-4H3,(H,47,55)(H,46,54,56). The van der Waals surface area contributed by atoms with Crippen molar-refractivity contribution in [1.82, 2.24) is 35.3 Å². The van der Waals surface area contributed by atoms with E-state index in [1.54, 1.807) is 35.4 Å². The third kappa shape index (κ3) is 7.39. The molecule has 4 fully saturated rings. The maximum atomic E-state index is 13.4. The molecule has 3 aromatic heterocycles. The van der Waals surface area contributed by atoms with Crippen LogP contribution in [0.5, 0.6) is 5.75 Å². The van der Waals surface area contributed by atoms with E-state index in [4.69, 9.17) is 16.3 Å². The zero-order valence-corrected chi connectivity index (χ0v) is 33.6. The fourth-order valence-corrected chi connectivity index (χ4v) is 10.1. The summed E-state index contributed by atoms with van der Waals surface area (Å²) < 4.78 is 8.67. The number of carbonyl (C=O) groups is 3. The van der Waals surface area contributed by atoms with Crippen LogP contribution in [0.2, 0.25) is 5.02 Å². The second kappa shape index (κ2) is 15.2. The number of likely N-dealkylation sites (tertiary alicyclic amines) is 1. The van der Waals surface area contributed by atoms with Crippen molar-refractivity contribution < 1.29 is 19.1 Å². The number of fused-ring (bicyclic) bond motifs is 1. The van der Waals surface area contributed by atoms with Gasteiger partial charge < -0.3 is 24.4 Å². The summed E-state index contributed by atoms with van der Waals surface area (Å²) in [4.78, 5) is 48.6. The Morgan fingerprint density at radius 1 is 0.982 bits per heavy atom. The van der Waals surface area contributed by atoms with E-state index < -0.39 is 6.03 Å². The molecule has 15 heteroatoms. The van der Waals surface area contributed by atoms with E-state index in [2.05, 4.69) is 86.2 Å². The van der Waals surface area contributed by atoms with Gasteiger partial charge in [-0.25, -0.2) is 4.79 Å². The Labute approximate surface area is 337 Å². The van der Waals surface area contributed by atoms with Gasteiger partial charge in [0.15, 0.2) is 11.5 Å². The van der Waals surface area contributed by atoms with E-state index in [-0.39, 0.29) is 46.9 Å². The Balaban J connectivity index is 0.800. The number of hydrogen-bond donors (Lipinski definition) is 2. The van der Waals surface area contributed by atoms with Crippen LogP contribution in [0.25, 0.3) is 10.9 Å². The number of halogens is 1. The molecule has 3 aliphatic heterocycles. The van der Waals surface area contributed by atoms with Gasteiger partial charge in [0.05, 0.1) is 34.2 Å².